The molecule has 0 spiro atoms. The molecule has 0 aromatic heterocycles. The fourth-order valence-electron chi connectivity index (χ4n) is 1.95. The van der Waals surface area contributed by atoms with Gasteiger partial charge in [-0.1, -0.05) is 18.6 Å². The van der Waals surface area contributed by atoms with Crippen molar-refractivity contribution in [2.24, 2.45) is 0 Å². The third-order valence-corrected chi connectivity index (χ3v) is 2.74. The van der Waals surface area contributed by atoms with E-state index in [4.69, 9.17) is 4.74 Å². The number of para-hydroxylation sites is 2. The highest BCUT2D eigenvalue weighted by molar-refractivity contribution is 5.40. The molecule has 99 valence electrons. The summed E-state index contributed by atoms with van der Waals surface area (Å²) in [5.74, 6) is -0.158. The number of hydrogen-bond donors (Lipinski definition) is 0. The van der Waals surface area contributed by atoms with Gasteiger partial charge in [-0.15, -0.1) is 13.2 Å². The zero-order valence-electron chi connectivity index (χ0n) is 9.80. The number of halogens is 3. The maximum Gasteiger partial charge on any atom is 0.573 e. The van der Waals surface area contributed by atoms with Crippen molar-refractivity contribution in [2.45, 2.75) is 38.5 Å². The SMILES string of the molecule is FC(F)(F)Oc1ccccc1O[C]1CCCCC1. The molecule has 0 saturated heterocycles. The molecule has 0 aliphatic heterocycles. The molecule has 1 aliphatic carbocycles. The number of hydrogen-bond acceptors (Lipinski definition) is 2. The van der Waals surface area contributed by atoms with E-state index in [1.807, 2.05) is 0 Å². The van der Waals surface area contributed by atoms with Gasteiger partial charge in [0, 0.05) is 0 Å². The minimum atomic E-state index is -4.70. The second kappa shape index (κ2) is 5.50. The van der Waals surface area contributed by atoms with Gasteiger partial charge in [-0.2, -0.15) is 0 Å². The normalized spacial score (nSPS) is 17.5. The molecule has 2 nitrogen and oxygen atoms in total. The fourth-order valence-corrected chi connectivity index (χ4v) is 1.95. The summed E-state index contributed by atoms with van der Waals surface area (Å²) in [5, 5.41) is 0. The average Bonchev–Trinajstić information content (AvgIpc) is 2.31. The predicted octanol–water partition coefficient (Wildman–Crippen LogP) is 4.46. The van der Waals surface area contributed by atoms with Crippen molar-refractivity contribution in [1.82, 2.24) is 0 Å². The Morgan fingerprint density at radius 3 is 2.11 bits per heavy atom. The summed E-state index contributed by atoms with van der Waals surface area (Å²) >= 11 is 0. The molecular formula is C13H14F3O2. The summed E-state index contributed by atoms with van der Waals surface area (Å²) in [6.07, 6.45) is 0.944. The number of rotatable bonds is 3. The number of alkyl halides is 3. The first-order valence-electron chi connectivity index (χ1n) is 5.92. The molecule has 1 aromatic carbocycles. The molecule has 0 unspecified atom stereocenters. The zero-order valence-corrected chi connectivity index (χ0v) is 9.80. The molecule has 1 aliphatic rings. The van der Waals surface area contributed by atoms with Gasteiger partial charge < -0.3 is 9.47 Å². The molecule has 0 amide bonds. The van der Waals surface area contributed by atoms with Crippen LogP contribution in [0.4, 0.5) is 13.2 Å². The van der Waals surface area contributed by atoms with Gasteiger partial charge in [0.2, 0.25) is 0 Å². The van der Waals surface area contributed by atoms with Crippen LogP contribution in [0, 0.1) is 6.10 Å². The van der Waals surface area contributed by atoms with Gasteiger partial charge in [0.25, 0.3) is 0 Å². The van der Waals surface area contributed by atoms with Gasteiger partial charge in [0.05, 0.1) is 0 Å². The van der Waals surface area contributed by atoms with E-state index in [9.17, 15) is 13.2 Å². The van der Waals surface area contributed by atoms with Crippen LogP contribution in [0.15, 0.2) is 24.3 Å². The smallest absolute Gasteiger partial charge is 0.479 e. The lowest BCUT2D eigenvalue weighted by molar-refractivity contribution is -0.275. The first kappa shape index (κ1) is 13.1. The van der Waals surface area contributed by atoms with Crippen molar-refractivity contribution in [3.05, 3.63) is 30.4 Å². The number of benzene rings is 1. The van der Waals surface area contributed by atoms with E-state index in [1.54, 1.807) is 6.07 Å². The Morgan fingerprint density at radius 2 is 1.50 bits per heavy atom. The molecule has 1 fully saturated rings. The third kappa shape index (κ3) is 3.82. The second-order valence-electron chi connectivity index (χ2n) is 4.20. The quantitative estimate of drug-likeness (QED) is 0.797. The average molecular weight is 259 g/mol. The van der Waals surface area contributed by atoms with Crippen LogP contribution in [0.1, 0.15) is 32.1 Å². The van der Waals surface area contributed by atoms with Crippen molar-refractivity contribution >= 4 is 0 Å². The minimum Gasteiger partial charge on any atom is -0.479 e. The standard InChI is InChI=1S/C13H14F3O2/c14-13(15,16)18-12-9-5-4-8-11(12)17-10-6-2-1-3-7-10/h4-5,8-9H,1-3,6-7H2. The molecule has 18 heavy (non-hydrogen) atoms. The van der Waals surface area contributed by atoms with Crippen LogP contribution >= 0.6 is 0 Å². The summed E-state index contributed by atoms with van der Waals surface area (Å²) in [6, 6.07) is 5.86. The fraction of sp³-hybridized carbons (Fsp3) is 0.462. The maximum atomic E-state index is 12.2. The first-order chi connectivity index (χ1) is 8.54. The highest BCUT2D eigenvalue weighted by atomic mass is 19.4. The van der Waals surface area contributed by atoms with Gasteiger partial charge in [0.1, 0.15) is 6.10 Å². The third-order valence-electron chi connectivity index (χ3n) is 2.74. The molecule has 0 N–H and O–H groups in total. The van der Waals surface area contributed by atoms with Crippen molar-refractivity contribution < 1.29 is 22.6 Å². The Balaban J connectivity index is 2.06. The zero-order chi connectivity index (χ0) is 13.0. The Kier molecular flexibility index (Phi) is 3.99. The lowest BCUT2D eigenvalue weighted by Crippen LogP contribution is -2.18. The largest absolute Gasteiger partial charge is 0.573 e. The molecule has 1 aromatic rings. The van der Waals surface area contributed by atoms with Gasteiger partial charge in [-0.05, 0) is 37.8 Å². The van der Waals surface area contributed by atoms with E-state index in [-0.39, 0.29) is 11.5 Å². The van der Waals surface area contributed by atoms with E-state index in [1.165, 1.54) is 18.2 Å². The van der Waals surface area contributed by atoms with Crippen LogP contribution in [-0.2, 0) is 0 Å². The van der Waals surface area contributed by atoms with E-state index >= 15 is 0 Å². The Labute approximate surface area is 104 Å². The lowest BCUT2D eigenvalue weighted by atomic mass is 9.98. The number of ether oxygens (including phenoxy) is 2. The van der Waals surface area contributed by atoms with Gasteiger partial charge in [-0.3, -0.25) is 0 Å². The molecule has 0 atom stereocenters. The molecule has 1 saturated carbocycles. The van der Waals surface area contributed by atoms with Gasteiger partial charge in [0.15, 0.2) is 11.5 Å². The van der Waals surface area contributed by atoms with E-state index in [2.05, 4.69) is 4.74 Å². The minimum absolute atomic E-state index is 0.131. The molecule has 0 heterocycles. The van der Waals surface area contributed by atoms with Crippen LogP contribution < -0.4 is 9.47 Å². The Morgan fingerprint density at radius 1 is 0.889 bits per heavy atom. The Hall–Kier alpha value is -1.39. The van der Waals surface area contributed by atoms with Crippen LogP contribution in [-0.4, -0.2) is 6.36 Å². The second-order valence-corrected chi connectivity index (χ2v) is 4.20. The predicted molar refractivity (Wildman–Crippen MR) is 60.1 cm³/mol. The van der Waals surface area contributed by atoms with Crippen LogP contribution in [0.25, 0.3) is 0 Å². The topological polar surface area (TPSA) is 18.5 Å². The molecular weight excluding hydrogens is 245 g/mol. The summed E-state index contributed by atoms with van der Waals surface area (Å²) in [5.41, 5.74) is 0. The van der Waals surface area contributed by atoms with Crippen LogP contribution in [0.3, 0.4) is 0 Å². The van der Waals surface area contributed by atoms with Crippen molar-refractivity contribution in [3.63, 3.8) is 0 Å². The lowest BCUT2D eigenvalue weighted by Gasteiger charge is -2.23. The highest BCUT2D eigenvalue weighted by Crippen LogP contribution is 2.36. The summed E-state index contributed by atoms with van der Waals surface area (Å²) in [6.45, 7) is 0. The van der Waals surface area contributed by atoms with E-state index in [0.29, 0.717) is 0 Å². The van der Waals surface area contributed by atoms with Crippen LogP contribution in [0.2, 0.25) is 0 Å². The summed E-state index contributed by atoms with van der Waals surface area (Å²) < 4.78 is 46.1. The molecule has 1 radical (unpaired) electrons. The molecule has 0 bridgehead atoms. The van der Waals surface area contributed by atoms with Crippen molar-refractivity contribution in [1.29, 1.82) is 0 Å². The van der Waals surface area contributed by atoms with Crippen LogP contribution in [0.5, 0.6) is 11.5 Å². The van der Waals surface area contributed by atoms with Crippen molar-refractivity contribution in [2.75, 3.05) is 0 Å². The van der Waals surface area contributed by atoms with Crippen molar-refractivity contribution in [3.8, 4) is 11.5 Å². The monoisotopic (exact) mass is 259 g/mol. The van der Waals surface area contributed by atoms with E-state index in [0.717, 1.165) is 38.2 Å². The molecule has 5 heteroatoms. The Bertz CT molecular complexity index is 384. The highest BCUT2D eigenvalue weighted by Gasteiger charge is 2.32. The van der Waals surface area contributed by atoms with E-state index < -0.39 is 6.36 Å². The summed E-state index contributed by atoms with van der Waals surface area (Å²) in [4.78, 5) is 0. The maximum absolute atomic E-state index is 12.2. The van der Waals surface area contributed by atoms with Gasteiger partial charge >= 0.3 is 6.36 Å². The molecule has 2 rings (SSSR count). The first-order valence-corrected chi connectivity index (χ1v) is 5.92. The van der Waals surface area contributed by atoms with Gasteiger partial charge in [-0.25, -0.2) is 0 Å². The summed E-state index contributed by atoms with van der Waals surface area (Å²) in [7, 11) is 0.